The van der Waals surface area contributed by atoms with E-state index in [-0.39, 0.29) is 12.5 Å². The number of aliphatic carboxylic acids is 1. The lowest BCUT2D eigenvalue weighted by Gasteiger charge is -2.25. The Labute approximate surface area is 75.9 Å². The molecule has 0 amide bonds. The van der Waals surface area contributed by atoms with Crippen molar-refractivity contribution in [2.45, 2.75) is 25.7 Å². The molecule has 0 aromatic rings. The second kappa shape index (κ2) is 4.20. The van der Waals surface area contributed by atoms with Crippen molar-refractivity contribution >= 4 is 5.97 Å². The molecule has 0 bridgehead atoms. The molecule has 1 saturated carbocycles. The van der Waals surface area contributed by atoms with E-state index in [1.54, 1.807) is 0 Å². The van der Waals surface area contributed by atoms with E-state index in [4.69, 9.17) is 5.11 Å². The zero-order valence-corrected chi connectivity index (χ0v) is 7.31. The molecule has 5 nitrogen and oxygen atoms in total. The first-order valence-electron chi connectivity index (χ1n) is 4.46. The molecular weight excluding hydrogens is 174 g/mol. The SMILES string of the molecule is O=C(O)[C@@H]1CCCC[C@H]1C[N+](=O)[O-]. The summed E-state index contributed by atoms with van der Waals surface area (Å²) in [7, 11) is 0. The lowest BCUT2D eigenvalue weighted by Crippen LogP contribution is -2.31. The molecule has 2 atom stereocenters. The first-order chi connectivity index (χ1) is 6.11. The highest BCUT2D eigenvalue weighted by molar-refractivity contribution is 5.70. The third-order valence-corrected chi connectivity index (χ3v) is 2.61. The van der Waals surface area contributed by atoms with Crippen molar-refractivity contribution in [2.24, 2.45) is 11.8 Å². The van der Waals surface area contributed by atoms with E-state index in [1.807, 2.05) is 0 Å². The summed E-state index contributed by atoms with van der Waals surface area (Å²) in [5.41, 5.74) is 0. The van der Waals surface area contributed by atoms with Crippen LogP contribution in [-0.4, -0.2) is 22.5 Å². The molecule has 0 aromatic carbocycles. The summed E-state index contributed by atoms with van der Waals surface area (Å²) in [5, 5.41) is 19.0. The van der Waals surface area contributed by atoms with Gasteiger partial charge in [-0.1, -0.05) is 12.8 Å². The highest BCUT2D eigenvalue weighted by atomic mass is 16.6. The van der Waals surface area contributed by atoms with E-state index < -0.39 is 16.8 Å². The van der Waals surface area contributed by atoms with Crippen molar-refractivity contribution in [1.29, 1.82) is 0 Å². The van der Waals surface area contributed by atoms with Crippen LogP contribution in [0.5, 0.6) is 0 Å². The van der Waals surface area contributed by atoms with Gasteiger partial charge in [0.05, 0.1) is 5.92 Å². The molecule has 5 heteroatoms. The molecule has 0 aliphatic heterocycles. The number of hydrogen-bond acceptors (Lipinski definition) is 3. The van der Waals surface area contributed by atoms with E-state index >= 15 is 0 Å². The van der Waals surface area contributed by atoms with Crippen LogP contribution in [0.1, 0.15) is 25.7 Å². The molecule has 0 unspecified atom stereocenters. The Balaban J connectivity index is 2.56. The molecule has 0 spiro atoms. The van der Waals surface area contributed by atoms with Gasteiger partial charge >= 0.3 is 5.97 Å². The van der Waals surface area contributed by atoms with Crippen LogP contribution in [0.3, 0.4) is 0 Å². The number of carboxylic acid groups (broad SMARTS) is 1. The monoisotopic (exact) mass is 187 g/mol. The van der Waals surface area contributed by atoms with Crippen molar-refractivity contribution < 1.29 is 14.8 Å². The number of hydrogen-bond donors (Lipinski definition) is 1. The van der Waals surface area contributed by atoms with Gasteiger partial charge in [-0.3, -0.25) is 14.9 Å². The largest absolute Gasteiger partial charge is 0.481 e. The fraction of sp³-hybridized carbons (Fsp3) is 0.875. The second-order valence-electron chi connectivity index (χ2n) is 3.50. The normalized spacial score (nSPS) is 28.3. The Hall–Kier alpha value is -1.13. The summed E-state index contributed by atoms with van der Waals surface area (Å²) >= 11 is 0. The van der Waals surface area contributed by atoms with E-state index in [9.17, 15) is 14.9 Å². The molecule has 1 N–H and O–H groups in total. The number of carboxylic acids is 1. The van der Waals surface area contributed by atoms with Crippen LogP contribution in [0, 0.1) is 22.0 Å². The number of nitro groups is 1. The second-order valence-corrected chi connectivity index (χ2v) is 3.50. The van der Waals surface area contributed by atoms with Gasteiger partial charge < -0.3 is 5.11 Å². The zero-order valence-electron chi connectivity index (χ0n) is 7.31. The van der Waals surface area contributed by atoms with Crippen molar-refractivity contribution in [3.8, 4) is 0 Å². The van der Waals surface area contributed by atoms with Gasteiger partial charge in [0.1, 0.15) is 0 Å². The number of carbonyl (C=O) groups is 1. The average molecular weight is 187 g/mol. The zero-order chi connectivity index (χ0) is 9.84. The third kappa shape index (κ3) is 2.68. The van der Waals surface area contributed by atoms with Crippen molar-refractivity contribution in [3.05, 3.63) is 10.1 Å². The summed E-state index contributed by atoms with van der Waals surface area (Å²) in [6.45, 7) is -0.197. The maximum Gasteiger partial charge on any atom is 0.307 e. The van der Waals surface area contributed by atoms with Gasteiger partial charge in [0.25, 0.3) is 0 Å². The highest BCUT2D eigenvalue weighted by Gasteiger charge is 2.33. The Morgan fingerprint density at radius 1 is 1.46 bits per heavy atom. The van der Waals surface area contributed by atoms with Crippen molar-refractivity contribution in [2.75, 3.05) is 6.54 Å². The van der Waals surface area contributed by atoms with Crippen LogP contribution in [0.2, 0.25) is 0 Å². The smallest absolute Gasteiger partial charge is 0.307 e. The van der Waals surface area contributed by atoms with Gasteiger partial charge in [0, 0.05) is 10.8 Å². The molecular formula is C8H13NO4. The van der Waals surface area contributed by atoms with Gasteiger partial charge in [-0.05, 0) is 12.8 Å². The third-order valence-electron chi connectivity index (χ3n) is 2.61. The Bertz CT molecular complexity index is 216. The van der Waals surface area contributed by atoms with Crippen LogP contribution in [0.15, 0.2) is 0 Å². The summed E-state index contributed by atoms with van der Waals surface area (Å²) in [4.78, 5) is 20.6. The topological polar surface area (TPSA) is 80.4 Å². The van der Waals surface area contributed by atoms with Gasteiger partial charge in [0.2, 0.25) is 6.54 Å². The first kappa shape index (κ1) is 9.95. The molecule has 13 heavy (non-hydrogen) atoms. The van der Waals surface area contributed by atoms with E-state index in [0.717, 1.165) is 12.8 Å². The maximum atomic E-state index is 10.7. The number of rotatable bonds is 3. The highest BCUT2D eigenvalue weighted by Crippen LogP contribution is 2.30. The van der Waals surface area contributed by atoms with Gasteiger partial charge in [-0.15, -0.1) is 0 Å². The lowest BCUT2D eigenvalue weighted by molar-refractivity contribution is -0.490. The number of nitrogens with zero attached hydrogens (tertiary/aromatic N) is 1. The summed E-state index contributed by atoms with van der Waals surface area (Å²) in [6, 6.07) is 0. The standard InChI is InChI=1S/C8H13NO4/c10-8(11)7-4-2-1-3-6(7)5-9(12)13/h6-7H,1-5H2,(H,10,11)/t6-,7+/m0/s1. The average Bonchev–Trinajstić information content (AvgIpc) is 2.03. The van der Waals surface area contributed by atoms with Crippen LogP contribution >= 0.6 is 0 Å². The fourth-order valence-corrected chi connectivity index (χ4v) is 1.94. The molecule has 1 fully saturated rings. The molecule has 74 valence electrons. The van der Waals surface area contributed by atoms with E-state index in [1.165, 1.54) is 0 Å². The quantitative estimate of drug-likeness (QED) is 0.531. The summed E-state index contributed by atoms with van der Waals surface area (Å²) in [5.74, 6) is -1.65. The fourth-order valence-electron chi connectivity index (χ4n) is 1.94. The minimum atomic E-state index is -0.883. The molecule has 0 saturated heterocycles. The molecule has 1 aliphatic carbocycles. The summed E-state index contributed by atoms with van der Waals surface area (Å²) in [6.07, 6.45) is 3.07. The molecule has 0 heterocycles. The Morgan fingerprint density at radius 2 is 2.08 bits per heavy atom. The minimum absolute atomic E-state index is 0.197. The molecule has 1 aliphatic rings. The van der Waals surface area contributed by atoms with E-state index in [0.29, 0.717) is 12.8 Å². The van der Waals surface area contributed by atoms with E-state index in [2.05, 4.69) is 0 Å². The maximum absolute atomic E-state index is 10.7. The van der Waals surface area contributed by atoms with Gasteiger partial charge in [-0.2, -0.15) is 0 Å². The van der Waals surface area contributed by atoms with Crippen molar-refractivity contribution in [1.82, 2.24) is 0 Å². The molecule has 1 rings (SSSR count). The molecule has 0 aromatic heterocycles. The summed E-state index contributed by atoms with van der Waals surface area (Å²) < 4.78 is 0. The van der Waals surface area contributed by atoms with Crippen LogP contribution in [-0.2, 0) is 4.79 Å². The van der Waals surface area contributed by atoms with Crippen LogP contribution in [0.25, 0.3) is 0 Å². The predicted molar refractivity (Wildman–Crippen MR) is 44.9 cm³/mol. The first-order valence-corrected chi connectivity index (χ1v) is 4.46. The van der Waals surface area contributed by atoms with Gasteiger partial charge in [0.15, 0.2) is 0 Å². The minimum Gasteiger partial charge on any atom is -0.481 e. The van der Waals surface area contributed by atoms with Crippen molar-refractivity contribution in [3.63, 3.8) is 0 Å². The van der Waals surface area contributed by atoms with Crippen LogP contribution < -0.4 is 0 Å². The predicted octanol–water partition coefficient (Wildman–Crippen LogP) is 1.15. The molecule has 0 radical (unpaired) electrons. The Morgan fingerprint density at radius 3 is 2.62 bits per heavy atom. The Kier molecular flexibility index (Phi) is 3.22. The lowest BCUT2D eigenvalue weighted by atomic mass is 9.79. The van der Waals surface area contributed by atoms with Gasteiger partial charge in [-0.25, -0.2) is 0 Å². The van der Waals surface area contributed by atoms with Crippen LogP contribution in [0.4, 0.5) is 0 Å².